The van der Waals surface area contributed by atoms with Gasteiger partial charge < -0.3 is 4.74 Å². The molecule has 4 aromatic rings. The van der Waals surface area contributed by atoms with Crippen LogP contribution in [0.2, 0.25) is 0 Å². The van der Waals surface area contributed by atoms with Crippen LogP contribution in [-0.4, -0.2) is 24.5 Å². The number of thiazole rings is 1. The summed E-state index contributed by atoms with van der Waals surface area (Å²) in [4.78, 5) is 31.1. The molecule has 0 amide bonds. The van der Waals surface area contributed by atoms with Gasteiger partial charge in [0.1, 0.15) is 22.7 Å². The fourth-order valence-electron chi connectivity index (χ4n) is 3.22. The van der Waals surface area contributed by atoms with Crippen molar-refractivity contribution >= 4 is 27.3 Å². The molecule has 3 aromatic heterocycles. The molecule has 0 unspecified atom stereocenters. The molecule has 0 atom stereocenters. The van der Waals surface area contributed by atoms with Crippen molar-refractivity contribution in [3.05, 3.63) is 79.1 Å². The van der Waals surface area contributed by atoms with Crippen molar-refractivity contribution in [1.82, 2.24) is 24.5 Å². The lowest BCUT2D eigenvalue weighted by molar-refractivity contribution is 0.285. The lowest BCUT2D eigenvalue weighted by Gasteiger charge is -2.14. The third-order valence-corrected chi connectivity index (χ3v) is 6.28. The van der Waals surface area contributed by atoms with Gasteiger partial charge in [-0.25, -0.2) is 15.0 Å². The molecule has 0 radical (unpaired) electrons. The monoisotopic (exact) mass is 511 g/mol. The van der Waals surface area contributed by atoms with E-state index in [-0.39, 0.29) is 28.4 Å². The van der Waals surface area contributed by atoms with Gasteiger partial charge in [0.25, 0.3) is 5.56 Å². The summed E-state index contributed by atoms with van der Waals surface area (Å²) < 4.78 is 7.59. The highest BCUT2D eigenvalue weighted by Gasteiger charge is 2.16. The third kappa shape index (κ3) is 4.63. The van der Waals surface area contributed by atoms with Gasteiger partial charge in [-0.2, -0.15) is 4.98 Å². The molecule has 0 saturated heterocycles. The Morgan fingerprint density at radius 2 is 1.97 bits per heavy atom. The minimum atomic E-state index is -0.246. The van der Waals surface area contributed by atoms with Gasteiger partial charge in [0, 0.05) is 23.1 Å². The number of ether oxygens (including phenoxy) is 1. The maximum atomic E-state index is 13.2. The molecule has 0 saturated carbocycles. The molecule has 0 spiro atoms. The van der Waals surface area contributed by atoms with Gasteiger partial charge in [0.15, 0.2) is 0 Å². The van der Waals surface area contributed by atoms with Crippen molar-refractivity contribution in [3.8, 4) is 22.8 Å². The van der Waals surface area contributed by atoms with Crippen molar-refractivity contribution in [2.45, 2.75) is 40.2 Å². The number of hydrogen-bond acceptors (Lipinski definition) is 7. The highest BCUT2D eigenvalue weighted by molar-refractivity contribution is 9.10. The van der Waals surface area contributed by atoms with E-state index in [0.29, 0.717) is 11.5 Å². The van der Waals surface area contributed by atoms with E-state index in [1.807, 2.05) is 42.6 Å². The Bertz CT molecular complexity index is 1330. The van der Waals surface area contributed by atoms with E-state index >= 15 is 0 Å². The number of aromatic nitrogens is 5. The maximum Gasteiger partial charge on any atom is 0.276 e. The smallest absolute Gasteiger partial charge is 0.276 e. The van der Waals surface area contributed by atoms with Crippen LogP contribution >= 0.6 is 27.3 Å². The Kier molecular flexibility index (Phi) is 6.48. The Labute approximate surface area is 198 Å². The van der Waals surface area contributed by atoms with E-state index in [4.69, 9.17) is 4.74 Å². The predicted octanol–water partition coefficient (Wildman–Crippen LogP) is 5.23. The summed E-state index contributed by atoms with van der Waals surface area (Å²) in [5.74, 6) is 1.78. The van der Waals surface area contributed by atoms with Gasteiger partial charge in [0.05, 0.1) is 22.1 Å². The lowest BCUT2D eigenvalue weighted by atomic mass is 10.1. The predicted molar refractivity (Wildman–Crippen MR) is 129 cm³/mol. The molecule has 3 heterocycles. The summed E-state index contributed by atoms with van der Waals surface area (Å²) in [7, 11) is 0. The summed E-state index contributed by atoms with van der Waals surface area (Å²) in [6, 6.07) is 9.53. The van der Waals surface area contributed by atoms with Crippen molar-refractivity contribution in [2.24, 2.45) is 0 Å². The molecule has 164 valence electrons. The quantitative estimate of drug-likeness (QED) is 0.352. The highest BCUT2D eigenvalue weighted by Crippen LogP contribution is 2.25. The SMILES string of the molecule is Cc1nc(COc2nc(C)n(-c3cccc(-c4ccnc(C(C)C)n4)c3)c(=O)c2Br)cs1. The van der Waals surface area contributed by atoms with E-state index < -0.39 is 0 Å². The maximum absolute atomic E-state index is 13.2. The Balaban J connectivity index is 1.68. The van der Waals surface area contributed by atoms with Crippen molar-refractivity contribution in [1.29, 1.82) is 0 Å². The summed E-state index contributed by atoms with van der Waals surface area (Å²) in [6.07, 6.45) is 1.76. The van der Waals surface area contributed by atoms with E-state index in [0.717, 1.165) is 27.8 Å². The van der Waals surface area contributed by atoms with Crippen LogP contribution in [0.4, 0.5) is 0 Å². The van der Waals surface area contributed by atoms with E-state index in [9.17, 15) is 4.79 Å². The van der Waals surface area contributed by atoms with Crippen LogP contribution < -0.4 is 10.3 Å². The van der Waals surface area contributed by atoms with Crippen LogP contribution in [0.3, 0.4) is 0 Å². The van der Waals surface area contributed by atoms with Crippen LogP contribution in [0.15, 0.2) is 51.2 Å². The van der Waals surface area contributed by atoms with Gasteiger partial charge >= 0.3 is 0 Å². The average molecular weight is 512 g/mol. The number of nitrogens with zero attached hydrogens (tertiary/aromatic N) is 5. The molecule has 1 aromatic carbocycles. The van der Waals surface area contributed by atoms with E-state index in [1.54, 1.807) is 29.0 Å². The molecule has 7 nitrogen and oxygen atoms in total. The third-order valence-electron chi connectivity index (χ3n) is 4.78. The Hall–Kier alpha value is -2.91. The molecule has 4 rings (SSSR count). The van der Waals surface area contributed by atoms with Crippen LogP contribution in [-0.2, 0) is 6.61 Å². The first-order valence-electron chi connectivity index (χ1n) is 10.1. The van der Waals surface area contributed by atoms with Gasteiger partial charge in [-0.1, -0.05) is 26.0 Å². The van der Waals surface area contributed by atoms with Crippen LogP contribution in [0, 0.1) is 13.8 Å². The second-order valence-electron chi connectivity index (χ2n) is 7.57. The normalized spacial score (nSPS) is 11.2. The fraction of sp³-hybridized carbons (Fsp3) is 0.261. The molecule has 32 heavy (non-hydrogen) atoms. The van der Waals surface area contributed by atoms with Crippen LogP contribution in [0.25, 0.3) is 16.9 Å². The zero-order valence-electron chi connectivity index (χ0n) is 18.2. The Morgan fingerprint density at radius 3 is 2.69 bits per heavy atom. The summed E-state index contributed by atoms with van der Waals surface area (Å²) in [5, 5.41) is 2.90. The van der Waals surface area contributed by atoms with Crippen molar-refractivity contribution in [3.63, 3.8) is 0 Å². The molecule has 0 aliphatic rings. The first-order valence-corrected chi connectivity index (χ1v) is 11.8. The molecular weight excluding hydrogens is 490 g/mol. The summed E-state index contributed by atoms with van der Waals surface area (Å²) >= 11 is 4.92. The van der Waals surface area contributed by atoms with Crippen molar-refractivity contribution < 1.29 is 4.74 Å². The largest absolute Gasteiger partial charge is 0.470 e. The standard InChI is InChI=1S/C23H22BrN5O2S/c1-13(2)21-25-9-8-19(28-21)16-6-5-7-18(10-16)29-14(3)26-22(20(24)23(29)30)31-11-17-12-32-15(4)27-17/h5-10,12-13H,11H2,1-4H3. The molecule has 0 bridgehead atoms. The number of halogens is 1. The molecule has 0 N–H and O–H groups in total. The van der Waals surface area contributed by atoms with Crippen molar-refractivity contribution in [2.75, 3.05) is 0 Å². The molecule has 0 aliphatic heterocycles. The van der Waals surface area contributed by atoms with Gasteiger partial charge in [-0.15, -0.1) is 11.3 Å². The minimum Gasteiger partial charge on any atom is -0.470 e. The highest BCUT2D eigenvalue weighted by atomic mass is 79.9. The summed E-state index contributed by atoms with van der Waals surface area (Å²) in [5.41, 5.74) is 2.96. The number of benzene rings is 1. The van der Waals surface area contributed by atoms with Crippen LogP contribution in [0.1, 0.15) is 42.1 Å². The van der Waals surface area contributed by atoms with E-state index in [2.05, 4.69) is 49.7 Å². The first-order chi connectivity index (χ1) is 15.3. The Morgan fingerprint density at radius 1 is 1.16 bits per heavy atom. The zero-order chi connectivity index (χ0) is 22.8. The molecule has 9 heteroatoms. The number of aryl methyl sites for hydroxylation is 2. The minimum absolute atomic E-state index is 0.226. The topological polar surface area (TPSA) is 82.8 Å². The fourth-order valence-corrected chi connectivity index (χ4v) is 4.19. The second kappa shape index (κ2) is 9.30. The number of rotatable bonds is 6. The first kappa shape index (κ1) is 22.3. The van der Waals surface area contributed by atoms with Gasteiger partial charge in [-0.05, 0) is 48.0 Å². The van der Waals surface area contributed by atoms with Gasteiger partial charge in [-0.3, -0.25) is 9.36 Å². The average Bonchev–Trinajstić information content (AvgIpc) is 3.20. The summed E-state index contributed by atoms with van der Waals surface area (Å²) in [6.45, 7) is 8.08. The molecule has 0 fully saturated rings. The zero-order valence-corrected chi connectivity index (χ0v) is 20.6. The lowest BCUT2D eigenvalue weighted by Crippen LogP contribution is -2.23. The van der Waals surface area contributed by atoms with E-state index in [1.165, 1.54) is 0 Å². The van der Waals surface area contributed by atoms with Gasteiger partial charge in [0.2, 0.25) is 5.88 Å². The van der Waals surface area contributed by atoms with Crippen LogP contribution in [0.5, 0.6) is 5.88 Å². The molecule has 0 aliphatic carbocycles. The molecular formula is C23H22BrN5O2S. The number of hydrogen-bond donors (Lipinski definition) is 0. The second-order valence-corrected chi connectivity index (χ2v) is 9.43.